The van der Waals surface area contributed by atoms with Gasteiger partial charge in [-0.1, -0.05) is 15.9 Å². The van der Waals surface area contributed by atoms with Gasteiger partial charge in [0.2, 0.25) is 0 Å². The van der Waals surface area contributed by atoms with Crippen LogP contribution in [0.15, 0.2) is 39.5 Å². The first-order valence-electron chi connectivity index (χ1n) is 4.41. The van der Waals surface area contributed by atoms with Crippen molar-refractivity contribution in [3.63, 3.8) is 0 Å². The zero-order valence-electron chi connectivity index (χ0n) is 7.78. The molecule has 2 aromatic rings. The molecule has 0 saturated carbocycles. The van der Waals surface area contributed by atoms with Gasteiger partial charge in [-0.05, 0) is 40.6 Å². The molecule has 2 rings (SSSR count). The fraction of sp³-hybridized carbons (Fsp3) is 0.0909. The van der Waals surface area contributed by atoms with Crippen molar-refractivity contribution in [3.05, 3.63) is 56.4 Å². The molecule has 0 spiro atoms. The van der Waals surface area contributed by atoms with Crippen molar-refractivity contribution in [1.29, 1.82) is 0 Å². The smallest absolute Gasteiger partial charge is 0.128 e. The molecule has 1 aromatic carbocycles. The molecule has 0 amide bonds. The lowest BCUT2D eigenvalue weighted by atomic mass is 10.0. The maximum atomic E-state index is 13.5. The Morgan fingerprint density at radius 1 is 1.33 bits per heavy atom. The Bertz CT molecular complexity index is 456. The zero-order chi connectivity index (χ0) is 10.8. The van der Waals surface area contributed by atoms with E-state index in [0.29, 0.717) is 5.56 Å². The van der Waals surface area contributed by atoms with Crippen LogP contribution in [0.1, 0.15) is 17.2 Å². The van der Waals surface area contributed by atoms with Crippen molar-refractivity contribution in [2.75, 3.05) is 0 Å². The highest BCUT2D eigenvalue weighted by atomic mass is 79.9. The molecule has 0 fully saturated rings. The van der Waals surface area contributed by atoms with Crippen molar-refractivity contribution >= 4 is 27.3 Å². The fourth-order valence-corrected chi connectivity index (χ4v) is 2.46. The molecular weight excluding hydrogens is 277 g/mol. The van der Waals surface area contributed by atoms with Crippen LogP contribution in [0.4, 0.5) is 4.39 Å². The first-order valence-corrected chi connectivity index (χ1v) is 6.14. The monoisotopic (exact) mass is 285 g/mol. The Kier molecular flexibility index (Phi) is 3.19. The molecule has 78 valence electrons. The van der Waals surface area contributed by atoms with E-state index < -0.39 is 6.04 Å². The zero-order valence-corrected chi connectivity index (χ0v) is 10.2. The van der Waals surface area contributed by atoms with Gasteiger partial charge in [0.15, 0.2) is 0 Å². The molecule has 1 aromatic heterocycles. The van der Waals surface area contributed by atoms with E-state index in [1.165, 1.54) is 6.07 Å². The molecule has 1 heterocycles. The van der Waals surface area contributed by atoms with E-state index >= 15 is 0 Å². The van der Waals surface area contributed by atoms with Crippen molar-refractivity contribution in [3.8, 4) is 0 Å². The largest absolute Gasteiger partial charge is 0.320 e. The first kappa shape index (κ1) is 10.8. The van der Waals surface area contributed by atoms with Gasteiger partial charge in [0.1, 0.15) is 5.82 Å². The van der Waals surface area contributed by atoms with Gasteiger partial charge in [-0.2, -0.15) is 11.3 Å². The quantitative estimate of drug-likeness (QED) is 0.895. The van der Waals surface area contributed by atoms with Gasteiger partial charge in [0.25, 0.3) is 0 Å². The maximum absolute atomic E-state index is 13.5. The summed E-state index contributed by atoms with van der Waals surface area (Å²) in [6.07, 6.45) is 0. The number of hydrogen-bond acceptors (Lipinski definition) is 2. The summed E-state index contributed by atoms with van der Waals surface area (Å²) >= 11 is 4.87. The van der Waals surface area contributed by atoms with Gasteiger partial charge < -0.3 is 5.73 Å². The van der Waals surface area contributed by atoms with Crippen LogP contribution >= 0.6 is 27.3 Å². The minimum Gasteiger partial charge on any atom is -0.320 e. The van der Waals surface area contributed by atoms with E-state index in [0.717, 1.165) is 10.0 Å². The van der Waals surface area contributed by atoms with Gasteiger partial charge in [-0.15, -0.1) is 0 Å². The second kappa shape index (κ2) is 4.43. The van der Waals surface area contributed by atoms with Gasteiger partial charge in [-0.3, -0.25) is 0 Å². The molecule has 15 heavy (non-hydrogen) atoms. The van der Waals surface area contributed by atoms with Crippen LogP contribution in [0.3, 0.4) is 0 Å². The Labute approximate surface area is 99.9 Å². The molecule has 0 saturated heterocycles. The Morgan fingerprint density at radius 3 is 2.80 bits per heavy atom. The summed E-state index contributed by atoms with van der Waals surface area (Å²) in [4.78, 5) is 0. The first-order chi connectivity index (χ1) is 7.18. The van der Waals surface area contributed by atoms with Gasteiger partial charge in [0, 0.05) is 10.0 Å². The van der Waals surface area contributed by atoms with Gasteiger partial charge in [0.05, 0.1) is 6.04 Å². The Balaban J connectivity index is 2.41. The summed E-state index contributed by atoms with van der Waals surface area (Å²) in [5.74, 6) is -0.267. The van der Waals surface area contributed by atoms with Crippen LogP contribution < -0.4 is 5.73 Å². The van der Waals surface area contributed by atoms with Crippen molar-refractivity contribution in [2.45, 2.75) is 6.04 Å². The van der Waals surface area contributed by atoms with E-state index in [9.17, 15) is 4.39 Å². The second-order valence-corrected chi connectivity index (χ2v) is 4.90. The molecule has 0 bridgehead atoms. The number of hydrogen-bond donors (Lipinski definition) is 1. The third-order valence-electron chi connectivity index (χ3n) is 2.20. The molecule has 2 N–H and O–H groups in total. The molecule has 0 aliphatic heterocycles. The number of thiophene rings is 1. The summed E-state index contributed by atoms with van der Waals surface area (Å²) in [7, 11) is 0. The molecule has 0 aliphatic rings. The SMILES string of the molecule is NC(c1ccsc1)c1cc(Br)ccc1F. The Morgan fingerprint density at radius 2 is 2.13 bits per heavy atom. The van der Waals surface area contributed by atoms with Crippen LogP contribution in [0, 0.1) is 5.82 Å². The average molecular weight is 286 g/mol. The van der Waals surface area contributed by atoms with E-state index in [1.807, 2.05) is 16.8 Å². The minimum atomic E-state index is -0.395. The van der Waals surface area contributed by atoms with E-state index in [2.05, 4.69) is 15.9 Å². The predicted molar refractivity (Wildman–Crippen MR) is 64.4 cm³/mol. The molecule has 4 heteroatoms. The normalized spacial score (nSPS) is 12.7. The molecule has 1 unspecified atom stereocenters. The van der Waals surface area contributed by atoms with Crippen LogP contribution in [0.2, 0.25) is 0 Å². The van der Waals surface area contributed by atoms with Crippen LogP contribution in [-0.4, -0.2) is 0 Å². The number of nitrogens with two attached hydrogens (primary N) is 1. The van der Waals surface area contributed by atoms with E-state index in [4.69, 9.17) is 5.73 Å². The summed E-state index contributed by atoms with van der Waals surface area (Å²) in [5, 5.41) is 3.87. The van der Waals surface area contributed by atoms with Crippen molar-refractivity contribution < 1.29 is 4.39 Å². The topological polar surface area (TPSA) is 26.0 Å². The standard InChI is InChI=1S/C11H9BrFNS/c12-8-1-2-10(13)9(5-8)11(14)7-3-4-15-6-7/h1-6,11H,14H2. The minimum absolute atomic E-state index is 0.267. The highest BCUT2D eigenvalue weighted by molar-refractivity contribution is 9.10. The molecule has 1 nitrogen and oxygen atoms in total. The summed E-state index contributed by atoms with van der Waals surface area (Å²) in [6.45, 7) is 0. The van der Waals surface area contributed by atoms with E-state index in [-0.39, 0.29) is 5.82 Å². The number of rotatable bonds is 2. The summed E-state index contributed by atoms with van der Waals surface area (Å²) in [6, 6.07) is 6.33. The average Bonchev–Trinajstić information content (AvgIpc) is 2.74. The number of benzene rings is 1. The molecule has 0 aliphatic carbocycles. The third kappa shape index (κ3) is 2.27. The predicted octanol–water partition coefficient (Wildman–Crippen LogP) is 3.70. The van der Waals surface area contributed by atoms with Gasteiger partial charge >= 0.3 is 0 Å². The Hall–Kier alpha value is -0.710. The van der Waals surface area contributed by atoms with E-state index in [1.54, 1.807) is 23.5 Å². The fourth-order valence-electron chi connectivity index (χ4n) is 1.38. The maximum Gasteiger partial charge on any atom is 0.128 e. The van der Waals surface area contributed by atoms with Crippen molar-refractivity contribution in [2.24, 2.45) is 5.73 Å². The lowest BCUT2D eigenvalue weighted by molar-refractivity contribution is 0.599. The number of halogens is 2. The lowest BCUT2D eigenvalue weighted by Crippen LogP contribution is -2.12. The highest BCUT2D eigenvalue weighted by Gasteiger charge is 2.13. The second-order valence-electron chi connectivity index (χ2n) is 3.20. The third-order valence-corrected chi connectivity index (χ3v) is 3.39. The summed E-state index contributed by atoms with van der Waals surface area (Å²) < 4.78 is 14.4. The van der Waals surface area contributed by atoms with Crippen LogP contribution in [-0.2, 0) is 0 Å². The molecule has 0 radical (unpaired) electrons. The highest BCUT2D eigenvalue weighted by Crippen LogP contribution is 2.26. The van der Waals surface area contributed by atoms with Crippen LogP contribution in [0.5, 0.6) is 0 Å². The van der Waals surface area contributed by atoms with Crippen LogP contribution in [0.25, 0.3) is 0 Å². The van der Waals surface area contributed by atoms with Crippen molar-refractivity contribution in [1.82, 2.24) is 0 Å². The molecule has 1 atom stereocenters. The lowest BCUT2D eigenvalue weighted by Gasteiger charge is -2.11. The molecular formula is C11H9BrFNS. The van der Waals surface area contributed by atoms with Gasteiger partial charge in [-0.25, -0.2) is 4.39 Å². The summed E-state index contributed by atoms with van der Waals surface area (Å²) in [5.41, 5.74) is 7.43.